The number of nitrogens with one attached hydrogen (secondary N) is 1. The SMILES string of the molecule is Cc1cc(O)ccc1C(=O)NCC1(CBr)CC1. The van der Waals surface area contributed by atoms with Crippen LogP contribution in [0.15, 0.2) is 18.2 Å². The zero-order valence-electron chi connectivity index (χ0n) is 9.79. The molecule has 0 heterocycles. The van der Waals surface area contributed by atoms with E-state index in [4.69, 9.17) is 0 Å². The van der Waals surface area contributed by atoms with Gasteiger partial charge >= 0.3 is 0 Å². The third-order valence-corrected chi connectivity index (χ3v) is 4.51. The summed E-state index contributed by atoms with van der Waals surface area (Å²) < 4.78 is 0. The van der Waals surface area contributed by atoms with Gasteiger partial charge in [-0.1, -0.05) is 15.9 Å². The molecule has 0 unspecified atom stereocenters. The molecular weight excluding hydrogens is 282 g/mol. The zero-order chi connectivity index (χ0) is 12.5. The van der Waals surface area contributed by atoms with Gasteiger partial charge in [0.1, 0.15) is 5.75 Å². The van der Waals surface area contributed by atoms with Crippen LogP contribution in [-0.2, 0) is 0 Å². The molecule has 1 fully saturated rings. The molecule has 1 aliphatic carbocycles. The maximum absolute atomic E-state index is 12.0. The lowest BCUT2D eigenvalue weighted by Crippen LogP contribution is -2.31. The van der Waals surface area contributed by atoms with Crippen LogP contribution in [0.25, 0.3) is 0 Å². The number of rotatable bonds is 4. The summed E-state index contributed by atoms with van der Waals surface area (Å²) >= 11 is 3.48. The molecule has 1 amide bonds. The van der Waals surface area contributed by atoms with Gasteiger partial charge in [-0.2, -0.15) is 0 Å². The molecule has 3 nitrogen and oxygen atoms in total. The van der Waals surface area contributed by atoms with Crippen molar-refractivity contribution in [2.24, 2.45) is 5.41 Å². The highest BCUT2D eigenvalue weighted by Crippen LogP contribution is 2.46. The minimum absolute atomic E-state index is 0.0604. The lowest BCUT2D eigenvalue weighted by molar-refractivity contribution is 0.0946. The van der Waals surface area contributed by atoms with Crippen LogP contribution in [0.1, 0.15) is 28.8 Å². The number of carbonyl (C=O) groups excluding carboxylic acids is 1. The van der Waals surface area contributed by atoms with E-state index in [0.29, 0.717) is 5.56 Å². The predicted molar refractivity (Wildman–Crippen MR) is 70.6 cm³/mol. The molecule has 0 atom stereocenters. The third kappa shape index (κ3) is 2.80. The normalized spacial score (nSPS) is 16.6. The van der Waals surface area contributed by atoms with E-state index in [1.165, 1.54) is 12.8 Å². The van der Waals surface area contributed by atoms with Gasteiger partial charge in [-0.05, 0) is 48.9 Å². The van der Waals surface area contributed by atoms with Crippen LogP contribution in [0.5, 0.6) is 5.75 Å². The Bertz CT molecular complexity index is 441. The molecule has 1 saturated carbocycles. The maximum atomic E-state index is 12.0. The first kappa shape index (κ1) is 12.4. The van der Waals surface area contributed by atoms with E-state index in [1.807, 2.05) is 6.92 Å². The summed E-state index contributed by atoms with van der Waals surface area (Å²) in [5.41, 5.74) is 1.71. The first-order valence-corrected chi connectivity index (χ1v) is 6.82. The number of halogens is 1. The Morgan fingerprint density at radius 1 is 1.53 bits per heavy atom. The van der Waals surface area contributed by atoms with Crippen LogP contribution in [0, 0.1) is 12.3 Å². The molecule has 2 rings (SSSR count). The number of hydrogen-bond acceptors (Lipinski definition) is 2. The number of hydrogen-bond donors (Lipinski definition) is 2. The van der Waals surface area contributed by atoms with E-state index in [2.05, 4.69) is 21.2 Å². The van der Waals surface area contributed by atoms with Crippen LogP contribution in [-0.4, -0.2) is 22.9 Å². The van der Waals surface area contributed by atoms with E-state index < -0.39 is 0 Å². The summed E-state index contributed by atoms with van der Waals surface area (Å²) in [6.45, 7) is 2.55. The number of alkyl halides is 1. The monoisotopic (exact) mass is 297 g/mol. The highest BCUT2D eigenvalue weighted by atomic mass is 79.9. The smallest absolute Gasteiger partial charge is 0.251 e. The third-order valence-electron chi connectivity index (χ3n) is 3.32. The van der Waals surface area contributed by atoms with Crippen LogP contribution in [0.4, 0.5) is 0 Å². The Morgan fingerprint density at radius 3 is 2.76 bits per heavy atom. The molecule has 0 aliphatic heterocycles. The van der Waals surface area contributed by atoms with Crippen molar-refractivity contribution >= 4 is 21.8 Å². The summed E-state index contributed by atoms with van der Waals surface area (Å²) in [6, 6.07) is 4.80. The fraction of sp³-hybridized carbons (Fsp3) is 0.462. The summed E-state index contributed by atoms with van der Waals surface area (Å²) in [7, 11) is 0. The molecule has 92 valence electrons. The summed E-state index contributed by atoms with van der Waals surface area (Å²) in [5, 5.41) is 13.2. The average molecular weight is 298 g/mol. The van der Waals surface area contributed by atoms with Gasteiger partial charge in [-0.15, -0.1) is 0 Å². The van der Waals surface area contributed by atoms with Gasteiger partial charge in [-0.25, -0.2) is 0 Å². The number of amides is 1. The van der Waals surface area contributed by atoms with Crippen molar-refractivity contribution in [3.63, 3.8) is 0 Å². The van der Waals surface area contributed by atoms with Crippen molar-refractivity contribution in [2.75, 3.05) is 11.9 Å². The Kier molecular flexibility index (Phi) is 3.43. The van der Waals surface area contributed by atoms with E-state index in [-0.39, 0.29) is 17.1 Å². The maximum Gasteiger partial charge on any atom is 0.251 e. The molecule has 0 bridgehead atoms. The molecule has 4 heteroatoms. The number of phenols is 1. The van der Waals surface area contributed by atoms with Gasteiger partial charge in [0.05, 0.1) is 0 Å². The number of carbonyl (C=O) groups is 1. The van der Waals surface area contributed by atoms with Crippen LogP contribution >= 0.6 is 15.9 Å². The minimum atomic E-state index is -0.0604. The molecule has 0 aromatic heterocycles. The Balaban J connectivity index is 2.00. The molecular formula is C13H16BrNO2. The molecule has 0 saturated heterocycles. The Labute approximate surface area is 109 Å². The summed E-state index contributed by atoms with van der Waals surface area (Å²) in [6.07, 6.45) is 2.35. The highest BCUT2D eigenvalue weighted by molar-refractivity contribution is 9.09. The number of aromatic hydroxyl groups is 1. The second kappa shape index (κ2) is 4.69. The van der Waals surface area contributed by atoms with Gasteiger partial charge in [0.15, 0.2) is 0 Å². The van der Waals surface area contributed by atoms with E-state index in [0.717, 1.165) is 17.4 Å². The van der Waals surface area contributed by atoms with Crippen LogP contribution in [0.3, 0.4) is 0 Å². The number of phenolic OH excluding ortho intramolecular Hbond substituents is 1. The molecule has 17 heavy (non-hydrogen) atoms. The highest BCUT2D eigenvalue weighted by Gasteiger charge is 2.41. The van der Waals surface area contributed by atoms with Gasteiger partial charge < -0.3 is 10.4 Å². The Hall–Kier alpha value is -1.03. The van der Waals surface area contributed by atoms with Crippen molar-refractivity contribution < 1.29 is 9.90 Å². The standard InChI is InChI=1S/C13H16BrNO2/c1-9-6-10(16)2-3-11(9)12(17)15-8-13(7-14)4-5-13/h2-3,6,16H,4-5,7-8H2,1H3,(H,15,17). The van der Waals surface area contributed by atoms with Gasteiger partial charge in [-0.3, -0.25) is 4.79 Å². The summed E-state index contributed by atoms with van der Waals surface area (Å²) in [4.78, 5) is 12.0. The minimum Gasteiger partial charge on any atom is -0.508 e. The van der Waals surface area contributed by atoms with Gasteiger partial charge in [0, 0.05) is 17.4 Å². The lowest BCUT2D eigenvalue weighted by atomic mass is 10.1. The van der Waals surface area contributed by atoms with Crippen LogP contribution < -0.4 is 5.32 Å². The van der Waals surface area contributed by atoms with E-state index in [1.54, 1.807) is 18.2 Å². The lowest BCUT2D eigenvalue weighted by Gasteiger charge is -2.13. The van der Waals surface area contributed by atoms with Crippen molar-refractivity contribution in [2.45, 2.75) is 19.8 Å². The zero-order valence-corrected chi connectivity index (χ0v) is 11.4. The number of benzene rings is 1. The van der Waals surface area contributed by atoms with Crippen molar-refractivity contribution in [3.05, 3.63) is 29.3 Å². The van der Waals surface area contributed by atoms with Crippen molar-refractivity contribution in [1.29, 1.82) is 0 Å². The van der Waals surface area contributed by atoms with Gasteiger partial charge in [0.2, 0.25) is 0 Å². The predicted octanol–water partition coefficient (Wildman–Crippen LogP) is 2.61. The molecule has 0 spiro atoms. The van der Waals surface area contributed by atoms with E-state index >= 15 is 0 Å². The van der Waals surface area contributed by atoms with Crippen LogP contribution in [0.2, 0.25) is 0 Å². The fourth-order valence-corrected chi connectivity index (χ4v) is 2.56. The molecule has 1 aliphatic rings. The largest absolute Gasteiger partial charge is 0.508 e. The molecule has 2 N–H and O–H groups in total. The van der Waals surface area contributed by atoms with Gasteiger partial charge in [0.25, 0.3) is 5.91 Å². The molecule has 0 radical (unpaired) electrons. The Morgan fingerprint density at radius 2 is 2.24 bits per heavy atom. The molecule has 1 aromatic carbocycles. The first-order chi connectivity index (χ1) is 8.06. The first-order valence-electron chi connectivity index (χ1n) is 5.70. The molecule has 1 aromatic rings. The topological polar surface area (TPSA) is 49.3 Å². The average Bonchev–Trinajstić information content (AvgIpc) is 3.07. The van der Waals surface area contributed by atoms with E-state index in [9.17, 15) is 9.90 Å². The summed E-state index contributed by atoms with van der Waals surface area (Å²) in [5.74, 6) is 0.132. The van der Waals surface area contributed by atoms with Crippen molar-refractivity contribution in [3.8, 4) is 5.75 Å². The number of aryl methyl sites for hydroxylation is 1. The second-order valence-electron chi connectivity index (χ2n) is 4.82. The van der Waals surface area contributed by atoms with Crippen molar-refractivity contribution in [1.82, 2.24) is 5.32 Å². The second-order valence-corrected chi connectivity index (χ2v) is 5.38. The fourth-order valence-electron chi connectivity index (χ4n) is 1.80. The quantitative estimate of drug-likeness (QED) is 0.840.